The Labute approximate surface area is 172 Å². The predicted molar refractivity (Wildman–Crippen MR) is 109 cm³/mol. The van der Waals surface area contributed by atoms with Crippen LogP contribution in [0.3, 0.4) is 0 Å². The molecule has 0 aliphatic carbocycles. The van der Waals surface area contributed by atoms with Gasteiger partial charge < -0.3 is 15.5 Å². The van der Waals surface area contributed by atoms with Crippen molar-refractivity contribution in [1.82, 2.24) is 10.2 Å². The molecule has 0 spiro atoms. The van der Waals surface area contributed by atoms with Crippen LogP contribution in [0.5, 0.6) is 0 Å². The molecule has 2 N–H and O–H groups in total. The lowest BCUT2D eigenvalue weighted by Gasteiger charge is -2.33. The number of halogens is 3. The second-order valence-electron chi connectivity index (χ2n) is 6.25. The Hall–Kier alpha value is -1.67. The molecule has 2 amide bonds. The van der Waals surface area contributed by atoms with Gasteiger partial charge in [-0.05, 0) is 43.7 Å². The van der Waals surface area contributed by atoms with Crippen LogP contribution < -0.4 is 10.6 Å². The van der Waals surface area contributed by atoms with Crippen molar-refractivity contribution < 1.29 is 14.0 Å². The van der Waals surface area contributed by atoms with Gasteiger partial charge >= 0.3 is 0 Å². The average molecular weight is 432 g/mol. The molecule has 1 fully saturated rings. The van der Waals surface area contributed by atoms with Crippen molar-refractivity contribution >= 4 is 52.2 Å². The molecule has 1 aliphatic rings. The lowest BCUT2D eigenvalue weighted by atomic mass is 10.2. The summed E-state index contributed by atoms with van der Waals surface area (Å²) in [6, 6.07) is 5.49. The number of hydrogen-bond donors (Lipinski definition) is 2. The number of piperazine rings is 1. The highest BCUT2D eigenvalue weighted by Gasteiger charge is 2.27. The van der Waals surface area contributed by atoms with Crippen LogP contribution in [-0.4, -0.2) is 42.4 Å². The first kappa shape index (κ1) is 21.6. The first-order valence-electron chi connectivity index (χ1n) is 8.25. The van der Waals surface area contributed by atoms with Crippen molar-refractivity contribution in [3.63, 3.8) is 0 Å². The lowest BCUT2D eigenvalue weighted by Crippen LogP contribution is -2.52. The second kappa shape index (κ2) is 9.01. The van der Waals surface area contributed by atoms with Crippen molar-refractivity contribution in [2.24, 2.45) is 0 Å². The standard InChI is InChI=1S/C18H19ClFN3O2S.ClH/c1-10-7-15(22-17(24)13-4-3-12(20)8-14(13)19)26-16(10)18(25)23-6-5-21-9-11(23)2;/h3-4,7-8,11,21H,5-6,9H2,1-2H3,(H,22,24);1H/t11-;/m1./s1. The van der Waals surface area contributed by atoms with Crippen molar-refractivity contribution in [2.45, 2.75) is 19.9 Å². The Bertz CT molecular complexity index is 859. The van der Waals surface area contributed by atoms with E-state index in [1.807, 2.05) is 18.7 Å². The molecule has 1 aromatic carbocycles. The molecule has 0 saturated carbocycles. The largest absolute Gasteiger partial charge is 0.333 e. The van der Waals surface area contributed by atoms with Crippen LogP contribution in [0, 0.1) is 12.7 Å². The molecular formula is C18H20Cl2FN3O2S. The van der Waals surface area contributed by atoms with Crippen molar-refractivity contribution in [3.8, 4) is 0 Å². The number of carbonyl (C=O) groups is 2. The number of benzene rings is 1. The lowest BCUT2D eigenvalue weighted by molar-refractivity contribution is 0.0660. The Kier molecular flexibility index (Phi) is 7.22. The first-order chi connectivity index (χ1) is 12.4. The van der Waals surface area contributed by atoms with E-state index in [9.17, 15) is 14.0 Å². The van der Waals surface area contributed by atoms with Gasteiger partial charge in [-0.3, -0.25) is 9.59 Å². The summed E-state index contributed by atoms with van der Waals surface area (Å²) in [5.41, 5.74) is 0.994. The maximum atomic E-state index is 13.1. The van der Waals surface area contributed by atoms with Crippen molar-refractivity contribution in [2.75, 3.05) is 25.0 Å². The molecule has 5 nitrogen and oxygen atoms in total. The predicted octanol–water partition coefficient (Wildman–Crippen LogP) is 3.96. The molecule has 146 valence electrons. The minimum absolute atomic E-state index is 0. The SMILES string of the molecule is Cc1cc(NC(=O)c2ccc(F)cc2Cl)sc1C(=O)N1CCNC[C@H]1C.Cl. The topological polar surface area (TPSA) is 61.4 Å². The van der Waals surface area contributed by atoms with E-state index in [2.05, 4.69) is 10.6 Å². The maximum absolute atomic E-state index is 13.1. The zero-order valence-electron chi connectivity index (χ0n) is 14.8. The number of nitrogens with one attached hydrogen (secondary N) is 2. The molecule has 3 rings (SSSR count). The Balaban J connectivity index is 0.00000261. The van der Waals surface area contributed by atoms with Crippen LogP contribution in [0.15, 0.2) is 24.3 Å². The number of nitrogens with zero attached hydrogens (tertiary/aromatic N) is 1. The van der Waals surface area contributed by atoms with E-state index >= 15 is 0 Å². The smallest absolute Gasteiger partial charge is 0.264 e. The van der Waals surface area contributed by atoms with Crippen LogP contribution in [0.25, 0.3) is 0 Å². The quantitative estimate of drug-likeness (QED) is 0.772. The van der Waals surface area contributed by atoms with Gasteiger partial charge in [-0.1, -0.05) is 11.6 Å². The van der Waals surface area contributed by atoms with Gasteiger partial charge in [-0.15, -0.1) is 23.7 Å². The summed E-state index contributed by atoms with van der Waals surface area (Å²) in [6.45, 7) is 6.05. The molecule has 9 heteroatoms. The van der Waals surface area contributed by atoms with Gasteiger partial charge in [0.2, 0.25) is 0 Å². The highest BCUT2D eigenvalue weighted by molar-refractivity contribution is 7.18. The Morgan fingerprint density at radius 2 is 2.11 bits per heavy atom. The van der Waals surface area contributed by atoms with Crippen LogP contribution in [-0.2, 0) is 0 Å². The fourth-order valence-corrected chi connectivity index (χ4v) is 4.16. The van der Waals surface area contributed by atoms with E-state index in [1.165, 1.54) is 23.5 Å². The van der Waals surface area contributed by atoms with E-state index in [0.29, 0.717) is 16.4 Å². The van der Waals surface area contributed by atoms with Gasteiger partial charge in [0, 0.05) is 25.7 Å². The first-order valence-corrected chi connectivity index (χ1v) is 9.45. The number of amides is 2. The van der Waals surface area contributed by atoms with Gasteiger partial charge in [-0.25, -0.2) is 4.39 Å². The minimum Gasteiger partial charge on any atom is -0.333 e. The zero-order chi connectivity index (χ0) is 18.8. The summed E-state index contributed by atoms with van der Waals surface area (Å²) >= 11 is 7.17. The monoisotopic (exact) mass is 431 g/mol. The number of hydrogen-bond acceptors (Lipinski definition) is 4. The third-order valence-electron chi connectivity index (χ3n) is 4.29. The molecule has 1 saturated heterocycles. The molecular weight excluding hydrogens is 412 g/mol. The second-order valence-corrected chi connectivity index (χ2v) is 7.71. The molecule has 1 aromatic heterocycles. The fourth-order valence-electron chi connectivity index (χ4n) is 2.88. The third-order valence-corrected chi connectivity index (χ3v) is 5.74. The summed E-state index contributed by atoms with van der Waals surface area (Å²) in [7, 11) is 0. The number of aryl methyl sites for hydroxylation is 1. The van der Waals surface area contributed by atoms with Crippen molar-refractivity contribution in [1.29, 1.82) is 0 Å². The van der Waals surface area contributed by atoms with E-state index < -0.39 is 11.7 Å². The molecule has 2 aromatic rings. The van der Waals surface area contributed by atoms with Gasteiger partial charge in [-0.2, -0.15) is 0 Å². The molecule has 27 heavy (non-hydrogen) atoms. The molecule has 1 atom stereocenters. The molecule has 0 unspecified atom stereocenters. The normalized spacial score (nSPS) is 16.6. The Morgan fingerprint density at radius 3 is 2.78 bits per heavy atom. The van der Waals surface area contributed by atoms with Crippen LogP contribution in [0.1, 0.15) is 32.5 Å². The highest BCUT2D eigenvalue weighted by Crippen LogP contribution is 2.29. The number of thiophene rings is 1. The fraction of sp³-hybridized carbons (Fsp3) is 0.333. The summed E-state index contributed by atoms with van der Waals surface area (Å²) in [5.74, 6) is -0.968. The van der Waals surface area contributed by atoms with Gasteiger partial charge in [0.05, 0.1) is 20.5 Å². The number of anilines is 1. The van der Waals surface area contributed by atoms with Crippen molar-refractivity contribution in [3.05, 3.63) is 51.1 Å². The van der Waals surface area contributed by atoms with Gasteiger partial charge in [0.15, 0.2) is 0 Å². The van der Waals surface area contributed by atoms with Gasteiger partial charge in [0.1, 0.15) is 5.82 Å². The van der Waals surface area contributed by atoms with Crippen LogP contribution >= 0.6 is 35.3 Å². The Morgan fingerprint density at radius 1 is 1.37 bits per heavy atom. The summed E-state index contributed by atoms with van der Waals surface area (Å²) in [6.07, 6.45) is 0. The summed E-state index contributed by atoms with van der Waals surface area (Å²) < 4.78 is 13.1. The van der Waals surface area contributed by atoms with E-state index in [1.54, 1.807) is 6.07 Å². The minimum atomic E-state index is -0.503. The van der Waals surface area contributed by atoms with E-state index in [4.69, 9.17) is 11.6 Å². The third kappa shape index (κ3) is 4.79. The molecule has 0 bridgehead atoms. The zero-order valence-corrected chi connectivity index (χ0v) is 17.2. The molecule has 2 heterocycles. The van der Waals surface area contributed by atoms with E-state index in [-0.39, 0.29) is 34.9 Å². The summed E-state index contributed by atoms with van der Waals surface area (Å²) in [5, 5.41) is 6.59. The maximum Gasteiger partial charge on any atom is 0.264 e. The average Bonchev–Trinajstić information content (AvgIpc) is 2.94. The molecule has 1 aliphatic heterocycles. The van der Waals surface area contributed by atoms with Crippen LogP contribution in [0.2, 0.25) is 5.02 Å². The summed E-state index contributed by atoms with van der Waals surface area (Å²) in [4.78, 5) is 27.7. The molecule has 0 radical (unpaired) electrons. The van der Waals surface area contributed by atoms with E-state index in [0.717, 1.165) is 24.7 Å². The highest BCUT2D eigenvalue weighted by atomic mass is 35.5. The number of rotatable bonds is 3. The van der Waals surface area contributed by atoms with Gasteiger partial charge in [0.25, 0.3) is 11.8 Å². The van der Waals surface area contributed by atoms with Crippen LogP contribution in [0.4, 0.5) is 9.39 Å². The number of carbonyl (C=O) groups excluding carboxylic acids is 2.